The fourth-order valence-corrected chi connectivity index (χ4v) is 1.53. The Labute approximate surface area is 103 Å². The number of hydroxylamine groups is 1. The van der Waals surface area contributed by atoms with Gasteiger partial charge in [-0.3, -0.25) is 4.79 Å². The molecule has 1 aliphatic rings. The molecule has 2 amide bonds. The van der Waals surface area contributed by atoms with E-state index in [0.717, 1.165) is 4.90 Å². The second kappa shape index (κ2) is 5.35. The van der Waals surface area contributed by atoms with Crippen molar-refractivity contribution in [3.63, 3.8) is 0 Å². The summed E-state index contributed by atoms with van der Waals surface area (Å²) in [5.41, 5.74) is 0. The zero-order chi connectivity index (χ0) is 13.0. The van der Waals surface area contributed by atoms with E-state index in [0.29, 0.717) is 10.5 Å². The normalized spacial score (nSPS) is 15.9. The van der Waals surface area contributed by atoms with Crippen LogP contribution in [-0.2, 0) is 9.53 Å². The molecule has 0 bridgehead atoms. The number of ether oxygens (including phenoxy) is 1. The van der Waals surface area contributed by atoms with Crippen molar-refractivity contribution in [2.24, 2.45) is 0 Å². The molecule has 1 fully saturated rings. The summed E-state index contributed by atoms with van der Waals surface area (Å²) >= 11 is 0. The molecular weight excluding hydrogens is 240 g/mol. The quantitative estimate of drug-likeness (QED) is 0.338. The summed E-state index contributed by atoms with van der Waals surface area (Å²) in [5.74, 6) is 0.00391. The van der Waals surface area contributed by atoms with Crippen LogP contribution in [0.2, 0.25) is 0 Å². The Morgan fingerprint density at radius 3 is 3.06 bits per heavy atom. The van der Waals surface area contributed by atoms with Crippen molar-refractivity contribution >= 4 is 18.2 Å². The smallest absolute Gasteiger partial charge is 0.416 e. The molecule has 2 heterocycles. The highest BCUT2D eigenvalue weighted by atomic mass is 16.6. The maximum absolute atomic E-state index is 11.6. The van der Waals surface area contributed by atoms with Crippen molar-refractivity contribution in [2.45, 2.75) is 6.42 Å². The van der Waals surface area contributed by atoms with E-state index in [1.165, 1.54) is 12.5 Å². The molecule has 0 N–H and O–H groups in total. The molecule has 7 heteroatoms. The molecule has 1 saturated heterocycles. The number of cyclic esters (lactones) is 1. The van der Waals surface area contributed by atoms with E-state index in [1.807, 2.05) is 0 Å². The van der Waals surface area contributed by atoms with Gasteiger partial charge in [-0.25, -0.2) is 14.4 Å². The van der Waals surface area contributed by atoms with E-state index in [4.69, 9.17) is 4.42 Å². The average Bonchev–Trinajstić information content (AvgIpc) is 2.97. The van der Waals surface area contributed by atoms with Gasteiger partial charge in [0, 0.05) is 0 Å². The Morgan fingerprint density at radius 1 is 1.61 bits per heavy atom. The second-order valence-electron chi connectivity index (χ2n) is 3.69. The summed E-state index contributed by atoms with van der Waals surface area (Å²) in [5, 5.41) is 11.4. The van der Waals surface area contributed by atoms with Gasteiger partial charge in [-0.1, -0.05) is 0 Å². The van der Waals surface area contributed by atoms with Crippen molar-refractivity contribution in [3.05, 3.63) is 29.4 Å². The predicted molar refractivity (Wildman–Crippen MR) is 60.0 cm³/mol. The maximum atomic E-state index is 11.6. The minimum atomic E-state index is -0.646. The standard InChI is InChI=1S/C11H12N2O5/c14-10(13-5-7-18-11(13)15)3-4-12(16)8-9-2-1-6-17-9/h1-2,6,8H,3-5,7H2/b12-8-. The first-order valence-electron chi connectivity index (χ1n) is 5.46. The number of hydrogen-bond donors (Lipinski definition) is 0. The molecular formula is C11H12N2O5. The average molecular weight is 252 g/mol. The summed E-state index contributed by atoms with van der Waals surface area (Å²) in [6, 6.07) is 3.29. The topological polar surface area (TPSA) is 85.8 Å². The largest absolute Gasteiger partial charge is 0.624 e. The first-order valence-corrected chi connectivity index (χ1v) is 5.46. The van der Waals surface area contributed by atoms with Gasteiger partial charge in [0.15, 0.2) is 12.3 Å². The Kier molecular flexibility index (Phi) is 3.61. The van der Waals surface area contributed by atoms with E-state index in [2.05, 4.69) is 4.74 Å². The van der Waals surface area contributed by atoms with Gasteiger partial charge in [0.1, 0.15) is 6.61 Å². The molecule has 0 aromatic carbocycles. The van der Waals surface area contributed by atoms with Crippen molar-refractivity contribution < 1.29 is 23.5 Å². The van der Waals surface area contributed by atoms with Crippen LogP contribution in [0.4, 0.5) is 4.79 Å². The van der Waals surface area contributed by atoms with Gasteiger partial charge in [0.2, 0.25) is 12.1 Å². The first-order chi connectivity index (χ1) is 8.66. The van der Waals surface area contributed by atoms with Gasteiger partial charge in [-0.05, 0) is 12.1 Å². The lowest BCUT2D eigenvalue weighted by Gasteiger charge is -2.09. The third kappa shape index (κ3) is 2.88. The second-order valence-corrected chi connectivity index (χ2v) is 3.69. The van der Waals surface area contributed by atoms with E-state index in [9.17, 15) is 14.8 Å². The van der Waals surface area contributed by atoms with Crippen LogP contribution in [-0.4, -0.2) is 47.6 Å². The molecule has 0 atom stereocenters. The molecule has 0 unspecified atom stereocenters. The molecule has 7 nitrogen and oxygen atoms in total. The van der Waals surface area contributed by atoms with Crippen LogP contribution < -0.4 is 0 Å². The highest BCUT2D eigenvalue weighted by Crippen LogP contribution is 2.05. The number of furan rings is 1. The molecule has 0 radical (unpaired) electrons. The van der Waals surface area contributed by atoms with Gasteiger partial charge < -0.3 is 14.4 Å². The predicted octanol–water partition coefficient (Wildman–Crippen LogP) is 0.578. The highest BCUT2D eigenvalue weighted by molar-refractivity contribution is 5.92. The lowest BCUT2D eigenvalue weighted by Crippen LogP contribution is -2.33. The lowest BCUT2D eigenvalue weighted by atomic mass is 10.3. The Balaban J connectivity index is 1.84. The van der Waals surface area contributed by atoms with Gasteiger partial charge >= 0.3 is 6.09 Å². The Hall–Kier alpha value is -2.31. The van der Waals surface area contributed by atoms with Gasteiger partial charge in [-0.15, -0.1) is 0 Å². The van der Waals surface area contributed by atoms with Crippen LogP contribution in [0.1, 0.15) is 12.2 Å². The highest BCUT2D eigenvalue weighted by Gasteiger charge is 2.28. The monoisotopic (exact) mass is 252 g/mol. The van der Waals surface area contributed by atoms with Gasteiger partial charge in [0.05, 0.1) is 19.2 Å². The minimum Gasteiger partial charge on any atom is -0.624 e. The zero-order valence-electron chi connectivity index (χ0n) is 9.57. The molecule has 0 saturated carbocycles. The summed E-state index contributed by atoms with van der Waals surface area (Å²) in [6.45, 7) is 0.423. The molecule has 0 aliphatic carbocycles. The number of carbonyl (C=O) groups is 2. The maximum Gasteiger partial charge on any atom is 0.416 e. The summed E-state index contributed by atoms with van der Waals surface area (Å²) in [6.07, 6.45) is 2.00. The first kappa shape index (κ1) is 12.2. The lowest BCUT2D eigenvalue weighted by molar-refractivity contribution is -0.451. The van der Waals surface area contributed by atoms with Crippen molar-refractivity contribution in [2.75, 3.05) is 19.7 Å². The number of imide groups is 1. The van der Waals surface area contributed by atoms with Crippen LogP contribution in [0.3, 0.4) is 0 Å². The van der Waals surface area contributed by atoms with Crippen molar-refractivity contribution in [1.82, 2.24) is 4.90 Å². The van der Waals surface area contributed by atoms with E-state index < -0.39 is 12.0 Å². The van der Waals surface area contributed by atoms with Gasteiger partial charge in [-0.2, -0.15) is 0 Å². The fraction of sp³-hybridized carbons (Fsp3) is 0.364. The summed E-state index contributed by atoms with van der Waals surface area (Å²) < 4.78 is 10.2. The van der Waals surface area contributed by atoms with Crippen LogP contribution in [0.5, 0.6) is 0 Å². The summed E-state index contributed by atoms with van der Waals surface area (Å²) in [7, 11) is 0. The molecule has 96 valence electrons. The van der Waals surface area contributed by atoms with E-state index in [-0.39, 0.29) is 26.1 Å². The molecule has 18 heavy (non-hydrogen) atoms. The van der Waals surface area contributed by atoms with Crippen LogP contribution in [0.15, 0.2) is 22.8 Å². The van der Waals surface area contributed by atoms with Crippen molar-refractivity contribution in [1.29, 1.82) is 0 Å². The van der Waals surface area contributed by atoms with Crippen molar-refractivity contribution in [3.8, 4) is 0 Å². The third-order valence-corrected chi connectivity index (χ3v) is 2.42. The summed E-state index contributed by atoms with van der Waals surface area (Å²) in [4.78, 5) is 23.7. The van der Waals surface area contributed by atoms with Crippen LogP contribution in [0.25, 0.3) is 0 Å². The Morgan fingerprint density at radius 2 is 2.44 bits per heavy atom. The molecule has 2 rings (SSSR count). The molecule has 1 aromatic rings. The van der Waals surface area contributed by atoms with Crippen LogP contribution in [0, 0.1) is 5.21 Å². The molecule has 0 spiro atoms. The fourth-order valence-electron chi connectivity index (χ4n) is 1.53. The Bertz CT molecular complexity index is 466. The minimum absolute atomic E-state index is 0.0384. The number of nitrogens with zero attached hydrogens (tertiary/aromatic N) is 2. The van der Waals surface area contributed by atoms with Crippen LogP contribution >= 0.6 is 0 Å². The van der Waals surface area contributed by atoms with Gasteiger partial charge in [0.25, 0.3) is 0 Å². The van der Waals surface area contributed by atoms with E-state index >= 15 is 0 Å². The molecule has 1 aliphatic heterocycles. The number of amides is 2. The molecule has 1 aromatic heterocycles. The SMILES string of the molecule is O=C(CC/[N+]([O-])=C/c1ccco1)N1CCOC1=O. The number of rotatable bonds is 4. The number of carbonyl (C=O) groups excluding carboxylic acids is 2. The number of hydrogen-bond acceptors (Lipinski definition) is 5. The zero-order valence-corrected chi connectivity index (χ0v) is 9.57. The third-order valence-electron chi connectivity index (χ3n) is 2.42. The van der Waals surface area contributed by atoms with E-state index in [1.54, 1.807) is 12.1 Å².